The summed E-state index contributed by atoms with van der Waals surface area (Å²) in [6, 6.07) is 14.0. The maximum atomic E-state index is 13.2. The average molecular weight is 408 g/mol. The van der Waals surface area contributed by atoms with E-state index in [-0.39, 0.29) is 23.5 Å². The number of piperidine rings is 1. The average Bonchev–Trinajstić information content (AvgIpc) is 2.79. The molecule has 3 aromatic rings. The highest BCUT2D eigenvalue weighted by Crippen LogP contribution is 2.24. The van der Waals surface area contributed by atoms with Crippen LogP contribution in [-0.2, 0) is 11.3 Å². The fourth-order valence-corrected chi connectivity index (χ4v) is 3.60. The molecule has 1 fully saturated rings. The lowest BCUT2D eigenvalue weighted by Crippen LogP contribution is -2.43. The minimum atomic E-state index is -0.305. The van der Waals surface area contributed by atoms with Crippen molar-refractivity contribution < 1.29 is 13.6 Å². The van der Waals surface area contributed by atoms with E-state index >= 15 is 0 Å². The summed E-state index contributed by atoms with van der Waals surface area (Å²) in [5, 5.41) is 2.95. The maximum Gasteiger partial charge on any atom is 0.225 e. The van der Waals surface area contributed by atoms with Crippen molar-refractivity contribution in [2.75, 3.05) is 18.0 Å². The van der Waals surface area contributed by atoms with Crippen molar-refractivity contribution in [2.24, 2.45) is 5.92 Å². The van der Waals surface area contributed by atoms with Crippen molar-refractivity contribution in [2.45, 2.75) is 19.4 Å². The number of rotatable bonds is 5. The van der Waals surface area contributed by atoms with Crippen LogP contribution in [0.2, 0.25) is 0 Å². The number of anilines is 1. The molecule has 7 heteroatoms. The van der Waals surface area contributed by atoms with Gasteiger partial charge in [-0.15, -0.1) is 0 Å². The minimum Gasteiger partial charge on any atom is -0.356 e. The van der Waals surface area contributed by atoms with E-state index < -0.39 is 0 Å². The summed E-state index contributed by atoms with van der Waals surface area (Å²) in [6.07, 6.45) is 3.37. The van der Waals surface area contributed by atoms with Gasteiger partial charge in [0.15, 0.2) is 5.82 Å². The van der Waals surface area contributed by atoms with Crippen molar-refractivity contribution in [1.29, 1.82) is 0 Å². The maximum absolute atomic E-state index is 13.2. The van der Waals surface area contributed by atoms with Crippen molar-refractivity contribution in [3.63, 3.8) is 0 Å². The van der Waals surface area contributed by atoms with Gasteiger partial charge in [-0.3, -0.25) is 4.79 Å². The molecule has 1 aliphatic rings. The highest BCUT2D eigenvalue weighted by Gasteiger charge is 2.26. The van der Waals surface area contributed by atoms with Crippen LogP contribution in [0.15, 0.2) is 60.8 Å². The van der Waals surface area contributed by atoms with Gasteiger partial charge in [0.2, 0.25) is 5.91 Å². The molecule has 1 amide bonds. The molecule has 30 heavy (non-hydrogen) atoms. The Labute approximate surface area is 173 Å². The summed E-state index contributed by atoms with van der Waals surface area (Å²) < 4.78 is 26.2. The van der Waals surface area contributed by atoms with Crippen LogP contribution in [0, 0.1) is 17.6 Å². The Morgan fingerprint density at radius 3 is 2.47 bits per heavy atom. The summed E-state index contributed by atoms with van der Waals surface area (Å²) in [5.41, 5.74) is 1.60. The van der Waals surface area contributed by atoms with E-state index in [1.54, 1.807) is 30.5 Å². The Balaban J connectivity index is 1.41. The number of nitrogens with zero attached hydrogens (tertiary/aromatic N) is 3. The summed E-state index contributed by atoms with van der Waals surface area (Å²) >= 11 is 0. The van der Waals surface area contributed by atoms with E-state index in [0.717, 1.165) is 36.3 Å². The molecule has 1 N–H and O–H groups in total. The second-order valence-corrected chi connectivity index (χ2v) is 7.37. The summed E-state index contributed by atoms with van der Waals surface area (Å²) in [6.45, 7) is 1.74. The fraction of sp³-hybridized carbons (Fsp3) is 0.261. The van der Waals surface area contributed by atoms with Gasteiger partial charge in [0.25, 0.3) is 0 Å². The third-order valence-electron chi connectivity index (χ3n) is 5.24. The first-order valence-corrected chi connectivity index (χ1v) is 9.94. The molecule has 154 valence electrons. The molecule has 2 aromatic carbocycles. The zero-order valence-electron chi connectivity index (χ0n) is 16.4. The van der Waals surface area contributed by atoms with E-state index in [9.17, 15) is 13.6 Å². The predicted molar refractivity (Wildman–Crippen MR) is 111 cm³/mol. The number of benzene rings is 2. The number of hydrogen-bond acceptors (Lipinski definition) is 4. The van der Waals surface area contributed by atoms with Gasteiger partial charge >= 0.3 is 0 Å². The van der Waals surface area contributed by atoms with Gasteiger partial charge < -0.3 is 10.2 Å². The molecule has 2 heterocycles. The van der Waals surface area contributed by atoms with E-state index in [0.29, 0.717) is 18.9 Å². The predicted octanol–water partition coefficient (Wildman–Crippen LogP) is 3.95. The normalized spacial score (nSPS) is 16.3. The summed E-state index contributed by atoms with van der Waals surface area (Å²) in [5.74, 6) is 0.509. The smallest absolute Gasteiger partial charge is 0.225 e. The van der Waals surface area contributed by atoms with Gasteiger partial charge in [-0.1, -0.05) is 12.1 Å². The number of nitrogens with one attached hydrogen (secondary N) is 1. The zero-order valence-corrected chi connectivity index (χ0v) is 16.4. The number of carbonyl (C=O) groups excluding carboxylic acids is 1. The molecule has 1 aliphatic heterocycles. The second kappa shape index (κ2) is 8.98. The van der Waals surface area contributed by atoms with Crippen molar-refractivity contribution in [3.8, 4) is 11.4 Å². The molecule has 0 spiro atoms. The van der Waals surface area contributed by atoms with Crippen molar-refractivity contribution in [1.82, 2.24) is 15.3 Å². The molecule has 0 bridgehead atoms. The van der Waals surface area contributed by atoms with Gasteiger partial charge in [-0.05, 0) is 60.9 Å². The third kappa shape index (κ3) is 4.79. The van der Waals surface area contributed by atoms with Crippen LogP contribution < -0.4 is 10.2 Å². The Hall–Kier alpha value is -3.35. The second-order valence-electron chi connectivity index (χ2n) is 7.37. The van der Waals surface area contributed by atoms with Crippen LogP contribution >= 0.6 is 0 Å². The first-order valence-electron chi connectivity index (χ1n) is 9.94. The number of aromatic nitrogens is 2. The highest BCUT2D eigenvalue weighted by molar-refractivity contribution is 5.79. The van der Waals surface area contributed by atoms with Crippen LogP contribution in [0.25, 0.3) is 11.4 Å². The van der Waals surface area contributed by atoms with Gasteiger partial charge in [0, 0.05) is 31.4 Å². The van der Waals surface area contributed by atoms with E-state index in [2.05, 4.69) is 20.2 Å². The SMILES string of the molecule is O=C(NCc1ccc(F)cc1)C1CCCN(c2ccnc(-c3ccc(F)cc3)n2)C1. The van der Waals surface area contributed by atoms with Crippen LogP contribution in [0.3, 0.4) is 0 Å². The highest BCUT2D eigenvalue weighted by atomic mass is 19.1. The zero-order chi connectivity index (χ0) is 20.9. The molecule has 1 aromatic heterocycles. The lowest BCUT2D eigenvalue weighted by atomic mass is 9.97. The summed E-state index contributed by atoms with van der Waals surface area (Å²) in [4.78, 5) is 23.6. The molecule has 0 aliphatic carbocycles. The first kappa shape index (κ1) is 19.9. The molecule has 5 nitrogen and oxygen atoms in total. The van der Waals surface area contributed by atoms with Gasteiger partial charge in [0.05, 0.1) is 5.92 Å². The molecular weight excluding hydrogens is 386 g/mol. The van der Waals surface area contributed by atoms with E-state index in [1.165, 1.54) is 24.3 Å². The quantitative estimate of drug-likeness (QED) is 0.695. The van der Waals surface area contributed by atoms with Crippen molar-refractivity contribution >= 4 is 11.7 Å². The standard InChI is InChI=1S/C23H22F2N4O/c24-19-7-3-16(4-8-19)14-27-23(30)18-2-1-13-29(15-18)21-11-12-26-22(28-21)17-5-9-20(25)10-6-17/h3-12,18H,1-2,13-15H2,(H,27,30). The number of amides is 1. The molecule has 0 radical (unpaired) electrons. The fourth-order valence-electron chi connectivity index (χ4n) is 3.60. The van der Waals surface area contributed by atoms with Gasteiger partial charge in [-0.2, -0.15) is 0 Å². The number of halogens is 2. The van der Waals surface area contributed by atoms with E-state index in [1.807, 2.05) is 6.07 Å². The van der Waals surface area contributed by atoms with Crippen molar-refractivity contribution in [3.05, 3.63) is 78.0 Å². The molecule has 0 saturated carbocycles. The third-order valence-corrected chi connectivity index (χ3v) is 5.24. The Morgan fingerprint density at radius 1 is 1.03 bits per heavy atom. The minimum absolute atomic E-state index is 0.0168. The number of hydrogen-bond donors (Lipinski definition) is 1. The Bertz CT molecular complexity index is 1010. The summed E-state index contributed by atoms with van der Waals surface area (Å²) in [7, 11) is 0. The van der Waals surface area contributed by atoms with E-state index in [4.69, 9.17) is 0 Å². The van der Waals surface area contributed by atoms with Crippen LogP contribution in [0.4, 0.5) is 14.6 Å². The van der Waals surface area contributed by atoms with Crippen LogP contribution in [0.1, 0.15) is 18.4 Å². The molecule has 1 atom stereocenters. The van der Waals surface area contributed by atoms with Gasteiger partial charge in [-0.25, -0.2) is 18.7 Å². The van der Waals surface area contributed by atoms with Crippen LogP contribution in [0.5, 0.6) is 0 Å². The van der Waals surface area contributed by atoms with Crippen LogP contribution in [-0.4, -0.2) is 29.0 Å². The largest absolute Gasteiger partial charge is 0.356 e. The molecule has 1 unspecified atom stereocenters. The molecule has 1 saturated heterocycles. The topological polar surface area (TPSA) is 58.1 Å². The Morgan fingerprint density at radius 2 is 1.73 bits per heavy atom. The lowest BCUT2D eigenvalue weighted by molar-refractivity contribution is -0.125. The monoisotopic (exact) mass is 408 g/mol. The molecular formula is C23H22F2N4O. The Kier molecular flexibility index (Phi) is 5.97. The first-order chi connectivity index (χ1) is 14.6. The number of carbonyl (C=O) groups is 1. The molecule has 4 rings (SSSR count). The van der Waals surface area contributed by atoms with Gasteiger partial charge in [0.1, 0.15) is 17.5 Å². The lowest BCUT2D eigenvalue weighted by Gasteiger charge is -2.33.